The molecule has 0 aliphatic rings. The molecule has 0 heterocycles. The Morgan fingerprint density at radius 1 is 1.10 bits per heavy atom. The van der Waals surface area contributed by atoms with Crippen molar-refractivity contribution >= 4 is 5.97 Å². The van der Waals surface area contributed by atoms with Crippen LogP contribution in [0.1, 0.15) is 22.3 Å². The van der Waals surface area contributed by atoms with E-state index in [1.54, 1.807) is 42.5 Å². The van der Waals surface area contributed by atoms with E-state index in [0.29, 0.717) is 5.56 Å². The Balaban J connectivity index is 1.88. The predicted octanol–water partition coefficient (Wildman–Crippen LogP) is 2.34. The van der Waals surface area contributed by atoms with Crippen molar-refractivity contribution in [2.24, 2.45) is 0 Å². The van der Waals surface area contributed by atoms with Gasteiger partial charge in [0.05, 0.1) is 24.7 Å². The Morgan fingerprint density at radius 3 is 2.48 bits per heavy atom. The van der Waals surface area contributed by atoms with E-state index in [-0.39, 0.29) is 25.6 Å². The molecule has 0 fully saturated rings. The first-order valence-electron chi connectivity index (χ1n) is 6.54. The minimum atomic E-state index is -0.325. The number of rotatable bonds is 5. The van der Waals surface area contributed by atoms with Gasteiger partial charge in [-0.1, -0.05) is 36.4 Å². The average molecular weight is 281 g/mol. The van der Waals surface area contributed by atoms with Crippen molar-refractivity contribution < 1.29 is 14.6 Å². The van der Waals surface area contributed by atoms with Gasteiger partial charge < -0.3 is 9.84 Å². The molecular weight excluding hydrogens is 266 g/mol. The molecule has 1 N–H and O–H groups in total. The first kappa shape index (κ1) is 14.8. The van der Waals surface area contributed by atoms with Crippen LogP contribution >= 0.6 is 0 Å². The van der Waals surface area contributed by atoms with Gasteiger partial charge in [-0.05, 0) is 28.8 Å². The van der Waals surface area contributed by atoms with Gasteiger partial charge in [0, 0.05) is 0 Å². The number of nitriles is 1. The van der Waals surface area contributed by atoms with Crippen molar-refractivity contribution in [3.8, 4) is 6.07 Å². The lowest BCUT2D eigenvalue weighted by atomic mass is 10.1. The molecule has 0 atom stereocenters. The zero-order valence-corrected chi connectivity index (χ0v) is 11.5. The van der Waals surface area contributed by atoms with Crippen LogP contribution in [0.25, 0.3) is 0 Å². The normalized spacial score (nSPS) is 9.90. The fourth-order valence-corrected chi connectivity index (χ4v) is 1.87. The predicted molar refractivity (Wildman–Crippen MR) is 77.0 cm³/mol. The second-order valence-electron chi connectivity index (χ2n) is 4.62. The molecule has 0 aliphatic carbocycles. The van der Waals surface area contributed by atoms with Crippen molar-refractivity contribution in [1.82, 2.24) is 0 Å². The van der Waals surface area contributed by atoms with E-state index < -0.39 is 0 Å². The Bertz CT molecular complexity index is 656. The molecule has 0 bridgehead atoms. The summed E-state index contributed by atoms with van der Waals surface area (Å²) in [4.78, 5) is 11.8. The van der Waals surface area contributed by atoms with Gasteiger partial charge in [0.1, 0.15) is 6.61 Å². The SMILES string of the molecule is N#Cc1cccc(COC(=O)Cc2ccc(CO)cc2)c1. The maximum atomic E-state index is 11.8. The molecule has 0 aromatic heterocycles. The summed E-state index contributed by atoms with van der Waals surface area (Å²) in [5, 5.41) is 17.8. The zero-order valence-electron chi connectivity index (χ0n) is 11.5. The van der Waals surface area contributed by atoms with Crippen LogP contribution in [-0.2, 0) is 29.2 Å². The van der Waals surface area contributed by atoms with Crippen LogP contribution in [0, 0.1) is 11.3 Å². The quantitative estimate of drug-likeness (QED) is 0.854. The van der Waals surface area contributed by atoms with Gasteiger partial charge in [0.15, 0.2) is 0 Å². The lowest BCUT2D eigenvalue weighted by molar-refractivity contribution is -0.144. The molecule has 2 aromatic carbocycles. The number of hydrogen-bond acceptors (Lipinski definition) is 4. The van der Waals surface area contributed by atoms with E-state index in [4.69, 9.17) is 15.1 Å². The van der Waals surface area contributed by atoms with Crippen LogP contribution < -0.4 is 0 Å². The number of aliphatic hydroxyl groups excluding tert-OH is 1. The van der Waals surface area contributed by atoms with Gasteiger partial charge in [0.25, 0.3) is 0 Å². The molecule has 0 unspecified atom stereocenters. The summed E-state index contributed by atoms with van der Waals surface area (Å²) in [5.74, 6) is -0.325. The molecule has 0 saturated carbocycles. The van der Waals surface area contributed by atoms with Crippen LogP contribution in [-0.4, -0.2) is 11.1 Å². The van der Waals surface area contributed by atoms with Gasteiger partial charge >= 0.3 is 5.97 Å². The molecule has 0 saturated heterocycles. The lowest BCUT2D eigenvalue weighted by Crippen LogP contribution is -2.08. The minimum Gasteiger partial charge on any atom is -0.461 e. The van der Waals surface area contributed by atoms with Gasteiger partial charge in [-0.3, -0.25) is 4.79 Å². The number of nitrogens with zero attached hydrogens (tertiary/aromatic N) is 1. The standard InChI is InChI=1S/C17H15NO3/c18-10-15-2-1-3-16(8-15)12-21-17(20)9-13-4-6-14(11-19)7-5-13/h1-8,19H,9,11-12H2. The summed E-state index contributed by atoms with van der Waals surface area (Å²) in [6, 6.07) is 16.2. The molecule has 2 rings (SSSR count). The zero-order chi connectivity index (χ0) is 15.1. The Hall–Kier alpha value is -2.64. The van der Waals surface area contributed by atoms with Gasteiger partial charge in [-0.15, -0.1) is 0 Å². The highest BCUT2D eigenvalue weighted by molar-refractivity contribution is 5.72. The van der Waals surface area contributed by atoms with Crippen molar-refractivity contribution in [3.05, 3.63) is 70.8 Å². The summed E-state index contributed by atoms with van der Waals surface area (Å²) in [7, 11) is 0. The van der Waals surface area contributed by atoms with Crippen molar-refractivity contribution in [2.75, 3.05) is 0 Å². The summed E-state index contributed by atoms with van der Waals surface area (Å²) >= 11 is 0. The first-order chi connectivity index (χ1) is 10.2. The number of hydrogen-bond donors (Lipinski definition) is 1. The Morgan fingerprint density at radius 2 is 1.81 bits per heavy atom. The highest BCUT2D eigenvalue weighted by atomic mass is 16.5. The molecule has 0 radical (unpaired) electrons. The average Bonchev–Trinajstić information content (AvgIpc) is 2.54. The van der Waals surface area contributed by atoms with Crippen LogP contribution in [0.5, 0.6) is 0 Å². The molecule has 4 nitrogen and oxygen atoms in total. The maximum absolute atomic E-state index is 11.8. The number of benzene rings is 2. The van der Waals surface area contributed by atoms with E-state index in [2.05, 4.69) is 0 Å². The summed E-state index contributed by atoms with van der Waals surface area (Å²) in [5.41, 5.74) is 2.98. The third kappa shape index (κ3) is 4.44. The second kappa shape index (κ2) is 7.22. The highest BCUT2D eigenvalue weighted by Gasteiger charge is 2.06. The van der Waals surface area contributed by atoms with E-state index in [0.717, 1.165) is 16.7 Å². The molecule has 0 amide bonds. The van der Waals surface area contributed by atoms with Crippen LogP contribution in [0.2, 0.25) is 0 Å². The second-order valence-corrected chi connectivity index (χ2v) is 4.62. The fourth-order valence-electron chi connectivity index (χ4n) is 1.87. The molecule has 0 spiro atoms. The van der Waals surface area contributed by atoms with E-state index in [1.807, 2.05) is 12.1 Å². The third-order valence-electron chi connectivity index (χ3n) is 3.01. The van der Waals surface area contributed by atoms with Crippen molar-refractivity contribution in [3.63, 3.8) is 0 Å². The van der Waals surface area contributed by atoms with Crippen LogP contribution in [0.4, 0.5) is 0 Å². The lowest BCUT2D eigenvalue weighted by Gasteiger charge is -2.06. The number of ether oxygens (including phenoxy) is 1. The Labute approximate surface area is 123 Å². The minimum absolute atomic E-state index is 0.0139. The molecule has 106 valence electrons. The number of aliphatic hydroxyl groups is 1. The molecule has 4 heteroatoms. The van der Waals surface area contributed by atoms with Crippen molar-refractivity contribution in [1.29, 1.82) is 5.26 Å². The number of carbonyl (C=O) groups is 1. The summed E-state index contributed by atoms with van der Waals surface area (Å²) in [6.07, 6.45) is 0.184. The molecule has 2 aromatic rings. The largest absolute Gasteiger partial charge is 0.461 e. The van der Waals surface area contributed by atoms with Crippen LogP contribution in [0.3, 0.4) is 0 Å². The van der Waals surface area contributed by atoms with E-state index in [9.17, 15) is 4.79 Å². The van der Waals surface area contributed by atoms with E-state index >= 15 is 0 Å². The molecular formula is C17H15NO3. The van der Waals surface area contributed by atoms with Gasteiger partial charge in [-0.25, -0.2) is 0 Å². The summed E-state index contributed by atoms with van der Waals surface area (Å²) < 4.78 is 5.19. The van der Waals surface area contributed by atoms with Crippen LogP contribution in [0.15, 0.2) is 48.5 Å². The monoisotopic (exact) mass is 281 g/mol. The van der Waals surface area contributed by atoms with Crippen molar-refractivity contribution in [2.45, 2.75) is 19.6 Å². The van der Waals surface area contributed by atoms with Gasteiger partial charge in [-0.2, -0.15) is 5.26 Å². The number of carbonyl (C=O) groups excluding carboxylic acids is 1. The van der Waals surface area contributed by atoms with E-state index in [1.165, 1.54) is 0 Å². The highest BCUT2D eigenvalue weighted by Crippen LogP contribution is 2.08. The topological polar surface area (TPSA) is 70.3 Å². The third-order valence-corrected chi connectivity index (χ3v) is 3.01. The first-order valence-corrected chi connectivity index (χ1v) is 6.54. The molecule has 21 heavy (non-hydrogen) atoms. The Kier molecular flexibility index (Phi) is 5.08. The maximum Gasteiger partial charge on any atom is 0.310 e. The fraction of sp³-hybridized carbons (Fsp3) is 0.176. The van der Waals surface area contributed by atoms with Gasteiger partial charge in [0.2, 0.25) is 0 Å². The summed E-state index contributed by atoms with van der Waals surface area (Å²) in [6.45, 7) is 0.142. The smallest absolute Gasteiger partial charge is 0.310 e. The molecule has 0 aliphatic heterocycles. The number of esters is 1.